The summed E-state index contributed by atoms with van der Waals surface area (Å²) < 4.78 is 13.2. The minimum Gasteiger partial charge on any atom is -0.249 e. The summed E-state index contributed by atoms with van der Waals surface area (Å²) in [4.78, 5) is -0.182. The van der Waals surface area contributed by atoms with Crippen molar-refractivity contribution in [3.05, 3.63) is 51.3 Å². The van der Waals surface area contributed by atoms with Gasteiger partial charge in [-0.1, -0.05) is 92.8 Å². The van der Waals surface area contributed by atoms with Crippen LogP contribution in [0.1, 0.15) is 11.1 Å². The number of alkyl halides is 2. The minimum absolute atomic E-state index is 0.0150. The maximum Gasteiger partial charge on any atom is 0.0912 e. The molecule has 0 aromatic heterocycles. The van der Waals surface area contributed by atoms with Gasteiger partial charge in [-0.2, -0.15) is 0 Å². The summed E-state index contributed by atoms with van der Waals surface area (Å²) >= 11 is 61.2. The van der Waals surface area contributed by atoms with Crippen molar-refractivity contribution in [2.24, 2.45) is 0 Å². The molecule has 26 heavy (non-hydrogen) atoms. The summed E-state index contributed by atoms with van der Waals surface area (Å²) in [5, 5.41) is -0.344. The van der Waals surface area contributed by atoms with E-state index in [4.69, 9.17) is 116 Å². The fourth-order valence-electron chi connectivity index (χ4n) is 1.98. The standard InChI is InChI=1S/C14H4Cl10OS/c15-1-3-5(17)9(21)13(10(22)6(3)18)26(25)14-11(23)7(19)4(2-16)8(20)12(14)24/h1-2H2. The van der Waals surface area contributed by atoms with Gasteiger partial charge in [0.15, 0.2) is 0 Å². The van der Waals surface area contributed by atoms with Crippen LogP contribution in [-0.4, -0.2) is 4.21 Å². The molecule has 0 aliphatic rings. The molecule has 0 amide bonds. The molecule has 0 heterocycles. The average molecular weight is 575 g/mol. The van der Waals surface area contributed by atoms with Crippen LogP contribution in [0.3, 0.4) is 0 Å². The van der Waals surface area contributed by atoms with Crippen LogP contribution in [-0.2, 0) is 22.6 Å². The Morgan fingerprint density at radius 1 is 0.500 bits per heavy atom. The third kappa shape index (κ3) is 4.04. The van der Waals surface area contributed by atoms with Gasteiger partial charge in [0.2, 0.25) is 0 Å². The van der Waals surface area contributed by atoms with Crippen molar-refractivity contribution in [1.29, 1.82) is 0 Å². The molecule has 0 unspecified atom stereocenters. The largest absolute Gasteiger partial charge is 0.249 e. The van der Waals surface area contributed by atoms with Gasteiger partial charge >= 0.3 is 0 Å². The predicted octanol–water partition coefficient (Wildman–Crippen LogP) is 9.56. The van der Waals surface area contributed by atoms with Crippen molar-refractivity contribution in [3.8, 4) is 0 Å². The predicted molar refractivity (Wildman–Crippen MR) is 117 cm³/mol. The Hall–Kier alpha value is 1.49. The highest BCUT2D eigenvalue weighted by Gasteiger charge is 2.30. The van der Waals surface area contributed by atoms with Crippen LogP contribution in [0.4, 0.5) is 0 Å². The van der Waals surface area contributed by atoms with E-state index in [1.54, 1.807) is 0 Å². The van der Waals surface area contributed by atoms with Gasteiger partial charge in [0.05, 0.1) is 72.5 Å². The highest BCUT2D eigenvalue weighted by molar-refractivity contribution is 7.85. The first kappa shape index (κ1) is 23.8. The summed E-state index contributed by atoms with van der Waals surface area (Å²) in [6, 6.07) is 0. The van der Waals surface area contributed by atoms with Crippen LogP contribution in [0.2, 0.25) is 40.2 Å². The molecule has 12 heteroatoms. The van der Waals surface area contributed by atoms with Gasteiger partial charge in [0, 0.05) is 11.1 Å². The zero-order valence-electron chi connectivity index (χ0n) is 12.0. The van der Waals surface area contributed by atoms with Crippen molar-refractivity contribution >= 4 is 127 Å². The van der Waals surface area contributed by atoms with Crippen molar-refractivity contribution in [1.82, 2.24) is 0 Å². The lowest BCUT2D eigenvalue weighted by molar-refractivity contribution is 0.683. The van der Waals surface area contributed by atoms with E-state index in [9.17, 15) is 4.21 Å². The van der Waals surface area contributed by atoms with E-state index in [-0.39, 0.29) is 61.7 Å². The van der Waals surface area contributed by atoms with E-state index >= 15 is 0 Å². The van der Waals surface area contributed by atoms with Crippen molar-refractivity contribution < 1.29 is 4.21 Å². The molecule has 2 aromatic rings. The van der Waals surface area contributed by atoms with Crippen LogP contribution in [0.25, 0.3) is 0 Å². The molecular formula is C14H4Cl10OS. The van der Waals surface area contributed by atoms with E-state index in [0.29, 0.717) is 11.1 Å². The molecule has 0 atom stereocenters. The smallest absolute Gasteiger partial charge is 0.0912 e. The summed E-state index contributed by atoms with van der Waals surface area (Å²) in [5.41, 5.74) is 0.605. The first-order chi connectivity index (χ1) is 12.1. The van der Waals surface area contributed by atoms with E-state index in [0.717, 1.165) is 0 Å². The minimum atomic E-state index is -2.11. The fourth-order valence-corrected chi connectivity index (χ4v) is 7.16. The molecule has 0 spiro atoms. The highest BCUT2D eigenvalue weighted by atomic mass is 35.5. The lowest BCUT2D eigenvalue weighted by Gasteiger charge is -2.17. The third-order valence-corrected chi connectivity index (χ3v) is 9.37. The van der Waals surface area contributed by atoms with Crippen molar-refractivity contribution in [3.63, 3.8) is 0 Å². The summed E-state index contributed by atoms with van der Waals surface area (Å²) in [7, 11) is -2.11. The molecule has 0 bridgehead atoms. The molecule has 1 nitrogen and oxygen atoms in total. The quantitative estimate of drug-likeness (QED) is 0.263. The molecule has 2 aromatic carbocycles. The Kier molecular flexibility index (Phi) is 8.71. The molecule has 0 aliphatic carbocycles. The van der Waals surface area contributed by atoms with Gasteiger partial charge in [-0.25, -0.2) is 4.21 Å². The first-order valence-corrected chi connectivity index (χ1v) is 11.6. The van der Waals surface area contributed by atoms with Crippen LogP contribution in [0.15, 0.2) is 9.79 Å². The number of halogens is 10. The van der Waals surface area contributed by atoms with Crippen molar-refractivity contribution in [2.75, 3.05) is 0 Å². The van der Waals surface area contributed by atoms with Gasteiger partial charge in [0.1, 0.15) is 0 Å². The Balaban J connectivity index is 2.85. The van der Waals surface area contributed by atoms with Crippen LogP contribution >= 0.6 is 116 Å². The molecule has 0 N–H and O–H groups in total. The zero-order valence-corrected chi connectivity index (χ0v) is 20.4. The Bertz CT molecular complexity index is 795. The van der Waals surface area contributed by atoms with Crippen LogP contribution in [0.5, 0.6) is 0 Å². The van der Waals surface area contributed by atoms with Crippen molar-refractivity contribution in [2.45, 2.75) is 21.6 Å². The molecule has 142 valence electrons. The molecule has 0 fully saturated rings. The Morgan fingerprint density at radius 3 is 0.923 bits per heavy atom. The average Bonchev–Trinajstić information content (AvgIpc) is 2.60. The topological polar surface area (TPSA) is 17.1 Å². The lowest BCUT2D eigenvalue weighted by atomic mass is 10.2. The monoisotopic (exact) mass is 570 g/mol. The van der Waals surface area contributed by atoms with Crippen LogP contribution < -0.4 is 0 Å². The van der Waals surface area contributed by atoms with E-state index in [1.807, 2.05) is 0 Å². The van der Waals surface area contributed by atoms with Gasteiger partial charge in [0.25, 0.3) is 0 Å². The first-order valence-electron chi connectivity index (χ1n) is 6.33. The molecule has 0 saturated carbocycles. The van der Waals surface area contributed by atoms with Gasteiger partial charge in [-0.15, -0.1) is 23.2 Å². The molecule has 0 radical (unpaired) electrons. The maximum atomic E-state index is 13.2. The van der Waals surface area contributed by atoms with E-state index in [1.165, 1.54) is 0 Å². The second-order valence-electron chi connectivity index (χ2n) is 4.66. The number of hydrogen-bond acceptors (Lipinski definition) is 1. The van der Waals surface area contributed by atoms with Gasteiger partial charge in [-0.05, 0) is 0 Å². The summed E-state index contributed by atoms with van der Waals surface area (Å²) in [5.74, 6) is -0.0960. The van der Waals surface area contributed by atoms with Crippen LogP contribution in [0, 0.1) is 0 Å². The molecule has 0 saturated heterocycles. The SMILES string of the molecule is O=S(c1c(Cl)c(Cl)c(CCl)c(Cl)c1Cl)c1c(Cl)c(Cl)c(CCl)c(Cl)c1Cl. The van der Waals surface area contributed by atoms with Gasteiger partial charge in [-0.3, -0.25) is 0 Å². The normalized spacial score (nSPS) is 11.5. The Labute approximate surface area is 202 Å². The highest BCUT2D eigenvalue weighted by Crippen LogP contribution is 2.49. The van der Waals surface area contributed by atoms with E-state index in [2.05, 4.69) is 0 Å². The second-order valence-corrected chi connectivity index (χ2v) is 9.58. The number of rotatable bonds is 4. The van der Waals surface area contributed by atoms with E-state index < -0.39 is 10.8 Å². The zero-order chi connectivity index (χ0) is 19.9. The Morgan fingerprint density at radius 2 is 0.731 bits per heavy atom. The van der Waals surface area contributed by atoms with Gasteiger partial charge < -0.3 is 0 Å². The number of hydrogen-bond donors (Lipinski definition) is 0. The second kappa shape index (κ2) is 9.53. The molecule has 0 aliphatic heterocycles. The third-order valence-electron chi connectivity index (χ3n) is 3.27. The lowest BCUT2D eigenvalue weighted by Crippen LogP contribution is -2.02. The fraction of sp³-hybridized carbons (Fsp3) is 0.143. The summed E-state index contributed by atoms with van der Waals surface area (Å²) in [6.45, 7) is 0. The summed E-state index contributed by atoms with van der Waals surface area (Å²) in [6.07, 6.45) is 0. The maximum absolute atomic E-state index is 13.2. The number of benzene rings is 2. The molecular weight excluding hydrogens is 571 g/mol. The molecule has 2 rings (SSSR count).